The normalized spacial score (nSPS) is 11.6. The molecule has 0 aliphatic carbocycles. The van der Waals surface area contributed by atoms with E-state index in [1.54, 1.807) is 24.3 Å². The van der Waals surface area contributed by atoms with Crippen molar-refractivity contribution < 1.29 is 25.9 Å². The second-order valence-electron chi connectivity index (χ2n) is 8.54. The van der Waals surface area contributed by atoms with Crippen molar-refractivity contribution in [2.45, 2.75) is 63.2 Å². The Bertz CT molecular complexity index is 1500. The number of rotatable bonds is 6. The molecule has 4 aromatic carbocycles. The monoisotopic (exact) mass is 566 g/mol. The molecular formula is C28H30CaO6S2. The van der Waals surface area contributed by atoms with Gasteiger partial charge in [-0.05, 0) is 69.5 Å². The smallest absolute Gasteiger partial charge is 0.744 e. The van der Waals surface area contributed by atoms with E-state index >= 15 is 0 Å². The molecule has 6 nitrogen and oxygen atoms in total. The third kappa shape index (κ3) is 7.32. The summed E-state index contributed by atoms with van der Waals surface area (Å²) in [5, 5.41) is 2.67. The summed E-state index contributed by atoms with van der Waals surface area (Å²) in [6.45, 7) is 7.76. The summed E-state index contributed by atoms with van der Waals surface area (Å²) in [5.41, 5.74) is 3.42. The van der Waals surface area contributed by atoms with Crippen LogP contribution in [-0.2, 0) is 45.9 Å². The van der Waals surface area contributed by atoms with Crippen LogP contribution >= 0.6 is 0 Å². The van der Waals surface area contributed by atoms with Gasteiger partial charge in [0.2, 0.25) is 0 Å². The summed E-state index contributed by atoms with van der Waals surface area (Å²) in [5.74, 6) is 0. The van der Waals surface area contributed by atoms with E-state index in [0.29, 0.717) is 34.7 Å². The SMILES string of the molecule is CCc1ccc2c(S(=O)(=O)[O-])c(CC)ccc2c1.CCc1ccc2c(S(=O)(=O)[O-])c(CC)ccc2c1.[Ca+2]. The molecule has 0 atom stereocenters. The third-order valence-corrected chi connectivity index (χ3v) is 8.28. The van der Waals surface area contributed by atoms with Crippen LogP contribution in [0.3, 0.4) is 0 Å². The van der Waals surface area contributed by atoms with Crippen LogP contribution in [0.25, 0.3) is 21.5 Å². The Morgan fingerprint density at radius 1 is 0.541 bits per heavy atom. The minimum absolute atomic E-state index is 0. The molecule has 0 N–H and O–H groups in total. The van der Waals surface area contributed by atoms with Gasteiger partial charge in [-0.2, -0.15) is 0 Å². The molecule has 9 heteroatoms. The molecular weight excluding hydrogens is 537 g/mol. The van der Waals surface area contributed by atoms with Gasteiger partial charge in [0.15, 0.2) is 0 Å². The van der Waals surface area contributed by atoms with Gasteiger partial charge in [-0.15, -0.1) is 0 Å². The fourth-order valence-electron chi connectivity index (χ4n) is 4.38. The molecule has 0 heterocycles. The van der Waals surface area contributed by atoms with Crippen LogP contribution < -0.4 is 0 Å². The van der Waals surface area contributed by atoms with Crippen molar-refractivity contribution in [3.05, 3.63) is 82.9 Å². The molecule has 0 fully saturated rings. The van der Waals surface area contributed by atoms with Gasteiger partial charge in [-0.3, -0.25) is 0 Å². The van der Waals surface area contributed by atoms with E-state index in [4.69, 9.17) is 0 Å². The van der Waals surface area contributed by atoms with Crippen molar-refractivity contribution in [2.24, 2.45) is 0 Å². The van der Waals surface area contributed by atoms with E-state index in [0.717, 1.165) is 34.7 Å². The summed E-state index contributed by atoms with van der Waals surface area (Å²) in [6, 6.07) is 18.3. The minimum atomic E-state index is -4.44. The second kappa shape index (κ2) is 13.0. The molecule has 4 rings (SSSR count). The van der Waals surface area contributed by atoms with Crippen LogP contribution in [0.2, 0.25) is 0 Å². The van der Waals surface area contributed by atoms with Crippen molar-refractivity contribution in [1.29, 1.82) is 0 Å². The predicted molar refractivity (Wildman–Crippen MR) is 147 cm³/mol. The van der Waals surface area contributed by atoms with Crippen LogP contribution in [0.1, 0.15) is 49.9 Å². The standard InChI is InChI=1S/2C14H16O3S.Ca/c2*1-3-10-5-8-13-12(9-10)7-6-11(4-2)14(13)18(15,16)17;/h2*5-9H,3-4H2,1-2H3,(H,15,16,17);/q;;+2/p-2. The summed E-state index contributed by atoms with van der Waals surface area (Å²) >= 11 is 0. The van der Waals surface area contributed by atoms with E-state index in [9.17, 15) is 25.9 Å². The molecule has 0 saturated carbocycles. The molecule has 0 aliphatic rings. The quantitative estimate of drug-likeness (QED) is 0.229. The van der Waals surface area contributed by atoms with Crippen LogP contribution in [0.15, 0.2) is 70.5 Å². The number of hydrogen-bond acceptors (Lipinski definition) is 6. The topological polar surface area (TPSA) is 114 Å². The van der Waals surface area contributed by atoms with Gasteiger partial charge in [0.25, 0.3) is 0 Å². The molecule has 4 aromatic rings. The van der Waals surface area contributed by atoms with E-state index in [1.165, 1.54) is 0 Å². The average Bonchev–Trinajstić information content (AvgIpc) is 2.85. The molecule has 0 radical (unpaired) electrons. The Morgan fingerprint density at radius 3 is 1.16 bits per heavy atom. The summed E-state index contributed by atoms with van der Waals surface area (Å²) in [7, 11) is -8.88. The van der Waals surface area contributed by atoms with Crippen LogP contribution in [0.5, 0.6) is 0 Å². The van der Waals surface area contributed by atoms with Crippen LogP contribution in [-0.4, -0.2) is 63.7 Å². The molecule has 37 heavy (non-hydrogen) atoms. The molecule has 0 bridgehead atoms. The van der Waals surface area contributed by atoms with Gasteiger partial charge in [-0.1, -0.05) is 88.4 Å². The Balaban J connectivity index is 0.000000253. The zero-order valence-electron chi connectivity index (χ0n) is 21.6. The first-order chi connectivity index (χ1) is 16.9. The Labute approximate surface area is 249 Å². The van der Waals surface area contributed by atoms with Crippen molar-refractivity contribution >= 4 is 79.5 Å². The fraction of sp³-hybridized carbons (Fsp3) is 0.286. The molecule has 0 amide bonds. The van der Waals surface area contributed by atoms with E-state index in [2.05, 4.69) is 0 Å². The zero-order valence-corrected chi connectivity index (χ0v) is 25.4. The largest absolute Gasteiger partial charge is 2.00 e. The Kier molecular flexibility index (Phi) is 11.2. The Morgan fingerprint density at radius 2 is 0.892 bits per heavy atom. The van der Waals surface area contributed by atoms with E-state index in [-0.39, 0.29) is 47.5 Å². The average molecular weight is 567 g/mol. The first kappa shape index (κ1) is 31.7. The van der Waals surface area contributed by atoms with Gasteiger partial charge in [0.1, 0.15) is 20.2 Å². The second-order valence-corrected chi connectivity index (χ2v) is 11.2. The third-order valence-electron chi connectivity index (χ3n) is 6.31. The minimum Gasteiger partial charge on any atom is -0.744 e. The number of aryl methyl sites for hydroxylation is 4. The van der Waals surface area contributed by atoms with Gasteiger partial charge in [0, 0.05) is 0 Å². The van der Waals surface area contributed by atoms with Gasteiger partial charge in [0.05, 0.1) is 9.79 Å². The molecule has 192 valence electrons. The zero-order chi connectivity index (χ0) is 26.7. The van der Waals surface area contributed by atoms with Crippen molar-refractivity contribution in [2.75, 3.05) is 0 Å². The molecule has 0 aliphatic heterocycles. The number of hydrogen-bond donors (Lipinski definition) is 0. The van der Waals surface area contributed by atoms with Crippen LogP contribution in [0, 0.1) is 0 Å². The van der Waals surface area contributed by atoms with Crippen molar-refractivity contribution in [3.63, 3.8) is 0 Å². The maximum atomic E-state index is 11.4. The molecule has 0 saturated heterocycles. The number of fused-ring (bicyclic) bond motifs is 2. The van der Waals surface area contributed by atoms with Crippen LogP contribution in [0.4, 0.5) is 0 Å². The first-order valence-electron chi connectivity index (χ1n) is 11.9. The summed E-state index contributed by atoms with van der Waals surface area (Å²) < 4.78 is 68.6. The maximum absolute atomic E-state index is 11.4. The maximum Gasteiger partial charge on any atom is 2.00 e. The van der Waals surface area contributed by atoms with Gasteiger partial charge >= 0.3 is 37.7 Å². The van der Waals surface area contributed by atoms with Crippen molar-refractivity contribution in [1.82, 2.24) is 0 Å². The molecule has 0 aromatic heterocycles. The van der Waals surface area contributed by atoms with Crippen molar-refractivity contribution in [3.8, 4) is 0 Å². The summed E-state index contributed by atoms with van der Waals surface area (Å²) in [6.07, 6.45) is 2.82. The number of benzene rings is 4. The Hall–Kier alpha value is -1.52. The first-order valence-corrected chi connectivity index (χ1v) is 14.8. The van der Waals surface area contributed by atoms with Gasteiger partial charge < -0.3 is 9.11 Å². The van der Waals surface area contributed by atoms with E-state index < -0.39 is 20.2 Å². The fourth-order valence-corrected chi connectivity index (χ4v) is 6.36. The molecule has 0 spiro atoms. The summed E-state index contributed by atoms with van der Waals surface area (Å²) in [4.78, 5) is -0.129. The molecule has 0 unspecified atom stereocenters. The van der Waals surface area contributed by atoms with E-state index in [1.807, 2.05) is 64.1 Å². The predicted octanol–water partition coefficient (Wildman–Crippen LogP) is 5.36. The van der Waals surface area contributed by atoms with Gasteiger partial charge in [-0.25, -0.2) is 16.8 Å².